The fraction of sp³-hybridized carbons (Fsp3) is 0.688. The van der Waals surface area contributed by atoms with Gasteiger partial charge in [-0.05, 0) is 13.8 Å². The molecule has 1 saturated heterocycles. The quantitative estimate of drug-likeness (QED) is 0.832. The van der Waals surface area contributed by atoms with E-state index in [0.29, 0.717) is 30.4 Å². The molecule has 23 heavy (non-hydrogen) atoms. The zero-order valence-corrected chi connectivity index (χ0v) is 15.6. The SMILES string of the molecule is CC(C)c1ncc(C(=O)N2CCN(C(=O)N(C)C)CC2(C)C)s1. The van der Waals surface area contributed by atoms with Crippen molar-refractivity contribution in [1.82, 2.24) is 19.7 Å². The Bertz CT molecular complexity index is 595. The predicted molar refractivity (Wildman–Crippen MR) is 92.0 cm³/mol. The molecule has 0 unspecified atom stereocenters. The molecule has 0 aliphatic carbocycles. The van der Waals surface area contributed by atoms with Gasteiger partial charge >= 0.3 is 6.03 Å². The minimum absolute atomic E-state index is 0.00921. The Balaban J connectivity index is 2.14. The van der Waals surface area contributed by atoms with Gasteiger partial charge in [-0.25, -0.2) is 9.78 Å². The molecule has 0 N–H and O–H groups in total. The summed E-state index contributed by atoms with van der Waals surface area (Å²) in [6, 6.07) is -0.00921. The van der Waals surface area contributed by atoms with Gasteiger partial charge in [0.2, 0.25) is 0 Å². The Labute approximate surface area is 142 Å². The topological polar surface area (TPSA) is 56.8 Å². The summed E-state index contributed by atoms with van der Waals surface area (Å²) in [4.78, 5) is 35.3. The Kier molecular flexibility index (Phi) is 4.98. The van der Waals surface area contributed by atoms with Crippen LogP contribution < -0.4 is 0 Å². The number of piperazine rings is 1. The van der Waals surface area contributed by atoms with Crippen LogP contribution in [0.15, 0.2) is 6.20 Å². The lowest BCUT2D eigenvalue weighted by molar-refractivity contribution is 0.0245. The van der Waals surface area contributed by atoms with Crippen molar-refractivity contribution in [1.29, 1.82) is 0 Å². The summed E-state index contributed by atoms with van der Waals surface area (Å²) in [5.41, 5.74) is -0.400. The molecule has 1 aliphatic heterocycles. The van der Waals surface area contributed by atoms with Crippen molar-refractivity contribution in [2.45, 2.75) is 39.2 Å². The molecule has 0 spiro atoms. The summed E-state index contributed by atoms with van der Waals surface area (Å²) < 4.78 is 0. The molecule has 0 saturated carbocycles. The Morgan fingerprint density at radius 3 is 2.43 bits per heavy atom. The Hall–Kier alpha value is -1.63. The second kappa shape index (κ2) is 6.47. The molecule has 3 amide bonds. The van der Waals surface area contributed by atoms with Gasteiger partial charge in [-0.3, -0.25) is 4.79 Å². The highest BCUT2D eigenvalue weighted by Crippen LogP contribution is 2.27. The predicted octanol–water partition coefficient (Wildman–Crippen LogP) is 2.48. The zero-order valence-electron chi connectivity index (χ0n) is 14.8. The van der Waals surface area contributed by atoms with E-state index in [4.69, 9.17) is 0 Å². The monoisotopic (exact) mass is 338 g/mol. The van der Waals surface area contributed by atoms with Crippen molar-refractivity contribution in [3.63, 3.8) is 0 Å². The van der Waals surface area contributed by atoms with Crippen LogP contribution in [0.1, 0.15) is 48.3 Å². The van der Waals surface area contributed by atoms with Crippen molar-refractivity contribution in [3.8, 4) is 0 Å². The maximum atomic E-state index is 12.8. The molecule has 1 aromatic rings. The molecule has 2 rings (SSSR count). The van der Waals surface area contributed by atoms with Gasteiger partial charge in [0.15, 0.2) is 0 Å². The molecule has 1 aromatic heterocycles. The van der Waals surface area contributed by atoms with Crippen LogP contribution in [0.2, 0.25) is 0 Å². The van der Waals surface area contributed by atoms with E-state index in [1.54, 1.807) is 30.1 Å². The average molecular weight is 338 g/mol. The lowest BCUT2D eigenvalue weighted by Crippen LogP contribution is -2.63. The number of amides is 3. The van der Waals surface area contributed by atoms with E-state index in [-0.39, 0.29) is 11.9 Å². The number of urea groups is 1. The van der Waals surface area contributed by atoms with E-state index in [2.05, 4.69) is 18.8 Å². The van der Waals surface area contributed by atoms with Crippen molar-refractivity contribution in [2.75, 3.05) is 33.7 Å². The van der Waals surface area contributed by atoms with E-state index in [1.807, 2.05) is 18.7 Å². The van der Waals surface area contributed by atoms with Crippen molar-refractivity contribution >= 4 is 23.3 Å². The summed E-state index contributed by atoms with van der Waals surface area (Å²) in [5.74, 6) is 0.334. The molecular formula is C16H26N4O2S. The molecule has 0 atom stereocenters. The van der Waals surface area contributed by atoms with Gasteiger partial charge in [0.05, 0.1) is 16.7 Å². The van der Waals surface area contributed by atoms with E-state index < -0.39 is 5.54 Å². The van der Waals surface area contributed by atoms with Gasteiger partial charge < -0.3 is 14.7 Å². The molecule has 6 nitrogen and oxygen atoms in total. The summed E-state index contributed by atoms with van der Waals surface area (Å²) in [6.07, 6.45) is 1.68. The fourth-order valence-electron chi connectivity index (χ4n) is 2.76. The number of hydrogen-bond donors (Lipinski definition) is 0. The van der Waals surface area contributed by atoms with Crippen LogP contribution >= 0.6 is 11.3 Å². The van der Waals surface area contributed by atoms with Crippen LogP contribution in [-0.2, 0) is 0 Å². The summed E-state index contributed by atoms with van der Waals surface area (Å²) in [7, 11) is 3.50. The highest BCUT2D eigenvalue weighted by molar-refractivity contribution is 7.13. The number of aromatic nitrogens is 1. The first-order valence-corrected chi connectivity index (χ1v) is 8.69. The number of rotatable bonds is 2. The van der Waals surface area contributed by atoms with Gasteiger partial charge in [0, 0.05) is 39.6 Å². The third-order valence-corrected chi connectivity index (χ3v) is 5.31. The molecule has 0 radical (unpaired) electrons. The molecule has 0 bridgehead atoms. The minimum atomic E-state index is -0.400. The second-order valence-corrected chi connectivity index (χ2v) is 8.15. The van der Waals surface area contributed by atoms with Crippen LogP contribution in [0.4, 0.5) is 4.79 Å². The van der Waals surface area contributed by atoms with Crippen molar-refractivity contribution < 1.29 is 9.59 Å². The average Bonchev–Trinajstić information content (AvgIpc) is 2.94. The van der Waals surface area contributed by atoms with Crippen molar-refractivity contribution in [3.05, 3.63) is 16.1 Å². The largest absolute Gasteiger partial charge is 0.331 e. The van der Waals surface area contributed by atoms with E-state index in [0.717, 1.165) is 5.01 Å². The van der Waals surface area contributed by atoms with Crippen LogP contribution in [0.3, 0.4) is 0 Å². The molecule has 7 heteroatoms. The summed E-state index contributed by atoms with van der Waals surface area (Å²) in [5, 5.41) is 0.979. The first kappa shape index (κ1) is 17.7. The molecule has 1 aliphatic rings. The molecule has 0 aromatic carbocycles. The van der Waals surface area contributed by atoms with Gasteiger partial charge in [-0.2, -0.15) is 0 Å². The van der Waals surface area contributed by atoms with E-state index in [9.17, 15) is 9.59 Å². The normalized spacial score (nSPS) is 17.5. The molecular weight excluding hydrogens is 312 g/mol. The standard InChI is InChI=1S/C16H26N4O2S/c1-11(2)13-17-9-12(23-13)14(21)20-8-7-19(10-16(20,3)4)15(22)18(5)6/h9,11H,7-8,10H2,1-6H3. The maximum absolute atomic E-state index is 12.8. The zero-order chi connectivity index (χ0) is 17.4. The highest BCUT2D eigenvalue weighted by atomic mass is 32.1. The number of nitrogens with zero attached hydrogens (tertiary/aromatic N) is 4. The highest BCUT2D eigenvalue weighted by Gasteiger charge is 2.39. The van der Waals surface area contributed by atoms with Crippen molar-refractivity contribution in [2.24, 2.45) is 0 Å². The van der Waals surface area contributed by atoms with Crippen LogP contribution in [0.5, 0.6) is 0 Å². The van der Waals surface area contributed by atoms with Crippen LogP contribution in [-0.4, -0.2) is 70.9 Å². The lowest BCUT2D eigenvalue weighted by atomic mass is 9.98. The maximum Gasteiger partial charge on any atom is 0.319 e. The minimum Gasteiger partial charge on any atom is -0.331 e. The first-order valence-electron chi connectivity index (χ1n) is 7.87. The third kappa shape index (κ3) is 3.65. The van der Waals surface area contributed by atoms with Gasteiger partial charge in [0.25, 0.3) is 5.91 Å². The summed E-state index contributed by atoms with van der Waals surface area (Å²) in [6.45, 7) is 9.79. The van der Waals surface area contributed by atoms with Crippen LogP contribution in [0, 0.1) is 0 Å². The second-order valence-electron chi connectivity index (χ2n) is 7.09. The van der Waals surface area contributed by atoms with E-state index in [1.165, 1.54) is 11.3 Å². The molecule has 2 heterocycles. The first-order chi connectivity index (χ1) is 10.6. The number of carbonyl (C=O) groups excluding carboxylic acids is 2. The van der Waals surface area contributed by atoms with Gasteiger partial charge in [-0.15, -0.1) is 11.3 Å². The lowest BCUT2D eigenvalue weighted by Gasteiger charge is -2.47. The number of carbonyl (C=O) groups is 2. The van der Waals surface area contributed by atoms with Crippen LogP contribution in [0.25, 0.3) is 0 Å². The Morgan fingerprint density at radius 1 is 1.30 bits per heavy atom. The summed E-state index contributed by atoms with van der Waals surface area (Å²) >= 11 is 1.46. The molecule has 128 valence electrons. The van der Waals surface area contributed by atoms with Gasteiger partial charge in [-0.1, -0.05) is 13.8 Å². The number of hydrogen-bond acceptors (Lipinski definition) is 4. The smallest absolute Gasteiger partial charge is 0.319 e. The third-order valence-electron chi connectivity index (χ3n) is 4.03. The van der Waals surface area contributed by atoms with Gasteiger partial charge in [0.1, 0.15) is 4.88 Å². The van der Waals surface area contributed by atoms with E-state index >= 15 is 0 Å². The molecule has 1 fully saturated rings. The Morgan fingerprint density at radius 2 is 1.96 bits per heavy atom. The fourth-order valence-corrected chi connectivity index (χ4v) is 3.63. The number of thiazole rings is 1.